The summed E-state index contributed by atoms with van der Waals surface area (Å²) in [5, 5.41) is 0. The van der Waals surface area contributed by atoms with Crippen LogP contribution in [-0.2, 0) is 6.42 Å². The van der Waals surface area contributed by atoms with Crippen LogP contribution in [0.3, 0.4) is 0 Å². The minimum Gasteiger partial charge on any atom is -0.398 e. The second-order valence-electron chi connectivity index (χ2n) is 4.77. The molecule has 0 spiro atoms. The van der Waals surface area contributed by atoms with Crippen LogP contribution in [0, 0.1) is 6.92 Å². The first-order chi connectivity index (χ1) is 9.69. The maximum atomic E-state index is 5.93. The molecule has 4 nitrogen and oxygen atoms in total. The highest BCUT2D eigenvalue weighted by Crippen LogP contribution is 2.21. The van der Waals surface area contributed by atoms with Crippen LogP contribution in [0.5, 0.6) is 0 Å². The van der Waals surface area contributed by atoms with E-state index in [1.807, 2.05) is 6.07 Å². The first kappa shape index (κ1) is 14.8. The number of aryl methyl sites for hydroxylation is 1. The van der Waals surface area contributed by atoms with Crippen molar-refractivity contribution >= 4 is 17.4 Å². The average molecular weight is 288 g/mol. The standard InChI is InChI=1S/C15H20N4S/c1-11-2-4-14(5-3-11)20-10-13(19-17)8-12-9-18-7-6-15(12)16/h2-7,9,13,19H,8,10,17H2,1H3,(H2,16,18). The van der Waals surface area contributed by atoms with Crippen LogP contribution in [0.15, 0.2) is 47.6 Å². The van der Waals surface area contributed by atoms with E-state index in [9.17, 15) is 0 Å². The molecule has 2 aromatic rings. The fourth-order valence-electron chi connectivity index (χ4n) is 1.87. The third-order valence-electron chi connectivity index (χ3n) is 3.12. The van der Waals surface area contributed by atoms with E-state index in [0.717, 1.165) is 23.4 Å². The Bertz CT molecular complexity index is 542. The summed E-state index contributed by atoms with van der Waals surface area (Å²) in [7, 11) is 0. The normalized spacial score (nSPS) is 12.3. The van der Waals surface area contributed by atoms with Gasteiger partial charge in [-0.05, 0) is 37.1 Å². The molecule has 0 radical (unpaired) electrons. The molecule has 0 aliphatic carbocycles. The number of hydrogen-bond donors (Lipinski definition) is 3. The first-order valence-corrected chi connectivity index (χ1v) is 7.51. The van der Waals surface area contributed by atoms with E-state index >= 15 is 0 Å². The number of hydrazine groups is 1. The fraction of sp³-hybridized carbons (Fsp3) is 0.267. The number of thioether (sulfide) groups is 1. The maximum absolute atomic E-state index is 5.93. The van der Waals surface area contributed by atoms with Crippen molar-refractivity contribution in [2.75, 3.05) is 11.5 Å². The summed E-state index contributed by atoms with van der Waals surface area (Å²) in [6, 6.07) is 10.5. The summed E-state index contributed by atoms with van der Waals surface area (Å²) >= 11 is 1.78. The molecule has 0 aliphatic rings. The van der Waals surface area contributed by atoms with Crippen LogP contribution in [0.25, 0.3) is 0 Å². The van der Waals surface area contributed by atoms with Gasteiger partial charge in [0.2, 0.25) is 0 Å². The van der Waals surface area contributed by atoms with E-state index in [0.29, 0.717) is 0 Å². The second-order valence-corrected chi connectivity index (χ2v) is 5.86. The zero-order chi connectivity index (χ0) is 14.4. The van der Waals surface area contributed by atoms with Gasteiger partial charge in [-0.2, -0.15) is 0 Å². The highest BCUT2D eigenvalue weighted by atomic mass is 32.2. The molecule has 0 fully saturated rings. The highest BCUT2D eigenvalue weighted by Gasteiger charge is 2.10. The summed E-state index contributed by atoms with van der Waals surface area (Å²) in [6.07, 6.45) is 4.27. The van der Waals surface area contributed by atoms with Crippen LogP contribution in [0.1, 0.15) is 11.1 Å². The van der Waals surface area contributed by atoms with Gasteiger partial charge in [-0.15, -0.1) is 11.8 Å². The van der Waals surface area contributed by atoms with E-state index in [1.165, 1.54) is 10.5 Å². The Kier molecular flexibility index (Phi) is 5.40. The predicted octanol–water partition coefficient (Wildman–Crippen LogP) is 2.14. The van der Waals surface area contributed by atoms with Gasteiger partial charge in [-0.25, -0.2) is 0 Å². The topological polar surface area (TPSA) is 77.0 Å². The number of pyridine rings is 1. The molecule has 2 rings (SSSR count). The van der Waals surface area contributed by atoms with E-state index in [1.54, 1.807) is 24.2 Å². The molecule has 20 heavy (non-hydrogen) atoms. The van der Waals surface area contributed by atoms with E-state index in [4.69, 9.17) is 11.6 Å². The lowest BCUT2D eigenvalue weighted by atomic mass is 10.1. The second kappa shape index (κ2) is 7.28. The van der Waals surface area contributed by atoms with Crippen molar-refractivity contribution < 1.29 is 0 Å². The van der Waals surface area contributed by atoms with E-state index < -0.39 is 0 Å². The van der Waals surface area contributed by atoms with Gasteiger partial charge in [0.05, 0.1) is 0 Å². The monoisotopic (exact) mass is 288 g/mol. The van der Waals surface area contributed by atoms with Crippen molar-refractivity contribution in [2.45, 2.75) is 24.3 Å². The van der Waals surface area contributed by atoms with Crippen molar-refractivity contribution in [1.82, 2.24) is 10.4 Å². The predicted molar refractivity (Wildman–Crippen MR) is 85.4 cm³/mol. The van der Waals surface area contributed by atoms with Crippen molar-refractivity contribution in [1.29, 1.82) is 0 Å². The van der Waals surface area contributed by atoms with Crippen LogP contribution < -0.4 is 17.0 Å². The molecule has 1 aromatic heterocycles. The number of rotatable bonds is 6. The van der Waals surface area contributed by atoms with Crippen molar-refractivity contribution in [3.05, 3.63) is 53.9 Å². The summed E-state index contributed by atoms with van der Waals surface area (Å²) in [6.45, 7) is 2.09. The van der Waals surface area contributed by atoms with Gasteiger partial charge in [0.25, 0.3) is 0 Å². The van der Waals surface area contributed by atoms with Gasteiger partial charge >= 0.3 is 0 Å². The van der Waals surface area contributed by atoms with Crippen LogP contribution in [0.4, 0.5) is 5.69 Å². The SMILES string of the molecule is Cc1ccc(SCC(Cc2cnccc2N)NN)cc1. The molecule has 5 heteroatoms. The Labute approximate surface area is 123 Å². The summed E-state index contributed by atoms with van der Waals surface area (Å²) in [4.78, 5) is 5.35. The molecule has 106 valence electrons. The molecule has 0 bridgehead atoms. The number of hydrogen-bond acceptors (Lipinski definition) is 5. The third-order valence-corrected chi connectivity index (χ3v) is 4.29. The number of anilines is 1. The van der Waals surface area contributed by atoms with Crippen molar-refractivity contribution in [3.8, 4) is 0 Å². The van der Waals surface area contributed by atoms with E-state index in [2.05, 4.69) is 41.6 Å². The van der Waals surface area contributed by atoms with Crippen LogP contribution in [0.2, 0.25) is 0 Å². The van der Waals surface area contributed by atoms with Gasteiger partial charge in [0.1, 0.15) is 0 Å². The van der Waals surface area contributed by atoms with Gasteiger partial charge in [-0.1, -0.05) is 17.7 Å². The molecular weight excluding hydrogens is 268 g/mol. The minimum atomic E-state index is 0.160. The number of nitrogen functional groups attached to an aromatic ring is 1. The van der Waals surface area contributed by atoms with Crippen molar-refractivity contribution in [2.24, 2.45) is 5.84 Å². The summed E-state index contributed by atoms with van der Waals surface area (Å²) in [5.41, 5.74) is 11.8. The Morgan fingerprint density at radius 2 is 2.00 bits per heavy atom. The molecule has 0 aliphatic heterocycles. The van der Waals surface area contributed by atoms with Gasteiger partial charge in [0.15, 0.2) is 0 Å². The van der Waals surface area contributed by atoms with Crippen molar-refractivity contribution in [3.63, 3.8) is 0 Å². The van der Waals surface area contributed by atoms with Gasteiger partial charge in [0, 0.05) is 34.8 Å². The Balaban J connectivity index is 1.92. The number of benzene rings is 1. The zero-order valence-corrected chi connectivity index (χ0v) is 12.4. The smallest absolute Gasteiger partial charge is 0.0378 e. The maximum Gasteiger partial charge on any atom is 0.0378 e. The van der Waals surface area contributed by atoms with Gasteiger partial charge in [-0.3, -0.25) is 16.3 Å². The zero-order valence-electron chi connectivity index (χ0n) is 11.5. The quantitative estimate of drug-likeness (QED) is 0.431. The molecule has 0 amide bonds. The number of nitrogens with one attached hydrogen (secondary N) is 1. The summed E-state index contributed by atoms with van der Waals surface area (Å²) in [5.74, 6) is 6.52. The minimum absolute atomic E-state index is 0.160. The molecule has 1 heterocycles. The number of nitrogens with two attached hydrogens (primary N) is 2. The molecular formula is C15H20N4S. The molecule has 0 saturated carbocycles. The van der Waals surface area contributed by atoms with Crippen LogP contribution in [-0.4, -0.2) is 16.8 Å². The average Bonchev–Trinajstić information content (AvgIpc) is 2.47. The Morgan fingerprint density at radius 3 is 2.65 bits per heavy atom. The Hall–Kier alpha value is -1.56. The molecule has 1 aromatic carbocycles. The largest absolute Gasteiger partial charge is 0.398 e. The molecule has 5 N–H and O–H groups in total. The third kappa shape index (κ3) is 4.23. The highest BCUT2D eigenvalue weighted by molar-refractivity contribution is 7.99. The molecule has 0 saturated heterocycles. The lowest BCUT2D eigenvalue weighted by Crippen LogP contribution is -2.38. The molecule has 1 atom stereocenters. The number of nitrogens with zero attached hydrogens (tertiary/aromatic N) is 1. The molecule has 1 unspecified atom stereocenters. The van der Waals surface area contributed by atoms with Crippen LogP contribution >= 0.6 is 11.8 Å². The number of aromatic nitrogens is 1. The Morgan fingerprint density at radius 1 is 1.25 bits per heavy atom. The van der Waals surface area contributed by atoms with Gasteiger partial charge < -0.3 is 5.73 Å². The lowest BCUT2D eigenvalue weighted by Gasteiger charge is -2.16. The fourth-order valence-corrected chi connectivity index (χ4v) is 2.81. The lowest BCUT2D eigenvalue weighted by molar-refractivity contribution is 0.575. The summed E-state index contributed by atoms with van der Waals surface area (Å²) < 4.78 is 0. The first-order valence-electron chi connectivity index (χ1n) is 6.53. The van der Waals surface area contributed by atoms with E-state index in [-0.39, 0.29) is 6.04 Å².